The average Bonchev–Trinajstić information content (AvgIpc) is 2.81. The Hall–Kier alpha value is -2.55. The molecule has 0 amide bonds. The minimum Gasteiger partial charge on any atom is -0.508 e. The van der Waals surface area contributed by atoms with E-state index in [2.05, 4.69) is 0 Å². The topological polar surface area (TPSA) is 50.4 Å². The van der Waals surface area contributed by atoms with Gasteiger partial charge in [-0.1, -0.05) is 12.1 Å². The van der Waals surface area contributed by atoms with Gasteiger partial charge in [0.15, 0.2) is 0 Å². The van der Waals surface area contributed by atoms with Crippen LogP contribution < -0.4 is 0 Å². The predicted octanol–water partition coefficient (Wildman–Crippen LogP) is 3.62. The Bertz CT molecular complexity index is 725. The van der Waals surface area contributed by atoms with E-state index < -0.39 is 0 Å². The van der Waals surface area contributed by atoms with Crippen LogP contribution in [0.1, 0.15) is 10.4 Å². The molecule has 0 saturated carbocycles. The summed E-state index contributed by atoms with van der Waals surface area (Å²) in [6.07, 6.45) is 0.806. The van der Waals surface area contributed by atoms with Gasteiger partial charge in [0.2, 0.25) is 0 Å². The Labute approximate surface area is 103 Å². The Morgan fingerprint density at radius 1 is 1.06 bits per heavy atom. The van der Waals surface area contributed by atoms with E-state index in [1.54, 1.807) is 36.4 Å². The summed E-state index contributed by atoms with van der Waals surface area (Å²) >= 11 is 0. The molecule has 0 saturated heterocycles. The van der Waals surface area contributed by atoms with Crippen molar-refractivity contribution < 1.29 is 14.3 Å². The van der Waals surface area contributed by atoms with Gasteiger partial charge in [-0.2, -0.15) is 0 Å². The zero-order valence-corrected chi connectivity index (χ0v) is 9.46. The number of phenolic OH excluding ortho intramolecular Hbond substituents is 1. The quantitative estimate of drug-likeness (QED) is 0.694. The molecular weight excluding hydrogens is 228 g/mol. The summed E-state index contributed by atoms with van der Waals surface area (Å²) in [6.45, 7) is 0. The van der Waals surface area contributed by atoms with Crippen molar-refractivity contribution in [2.75, 3.05) is 0 Å². The number of aldehydes is 1. The summed E-state index contributed by atoms with van der Waals surface area (Å²) < 4.78 is 5.68. The van der Waals surface area contributed by atoms with Gasteiger partial charge >= 0.3 is 0 Å². The fourth-order valence-corrected chi connectivity index (χ4v) is 1.94. The molecule has 0 radical (unpaired) electrons. The van der Waals surface area contributed by atoms with Gasteiger partial charge in [-0.3, -0.25) is 4.79 Å². The second-order valence-electron chi connectivity index (χ2n) is 4.08. The first-order valence-corrected chi connectivity index (χ1v) is 5.54. The van der Waals surface area contributed by atoms with Crippen molar-refractivity contribution in [3.05, 3.63) is 54.1 Å². The number of benzene rings is 2. The Balaban J connectivity index is 2.16. The number of carbonyl (C=O) groups is 1. The smallest absolute Gasteiger partial charge is 0.150 e. The maximum absolute atomic E-state index is 10.7. The van der Waals surface area contributed by atoms with Crippen LogP contribution in [0.15, 0.2) is 52.9 Å². The van der Waals surface area contributed by atoms with Gasteiger partial charge in [0, 0.05) is 16.5 Å². The zero-order valence-electron chi connectivity index (χ0n) is 9.46. The summed E-state index contributed by atoms with van der Waals surface area (Å²) in [6, 6.07) is 14.0. The summed E-state index contributed by atoms with van der Waals surface area (Å²) in [5.74, 6) is 0.866. The third kappa shape index (κ3) is 1.76. The standard InChI is InChI=1S/C15H10O3/c16-9-10-4-5-14-12(6-10)8-15(18-14)11-2-1-3-13(17)7-11/h1-9,17H. The predicted molar refractivity (Wildman–Crippen MR) is 68.7 cm³/mol. The molecule has 3 heteroatoms. The van der Waals surface area contributed by atoms with Crippen LogP contribution in [0.25, 0.3) is 22.3 Å². The summed E-state index contributed by atoms with van der Waals surface area (Å²) in [5, 5.41) is 10.3. The van der Waals surface area contributed by atoms with E-state index >= 15 is 0 Å². The van der Waals surface area contributed by atoms with Crippen molar-refractivity contribution in [1.82, 2.24) is 0 Å². The molecule has 1 heterocycles. The molecular formula is C15H10O3. The molecule has 1 N–H and O–H groups in total. The molecule has 0 spiro atoms. The number of hydrogen-bond acceptors (Lipinski definition) is 3. The van der Waals surface area contributed by atoms with E-state index in [-0.39, 0.29) is 5.75 Å². The van der Waals surface area contributed by atoms with E-state index in [0.29, 0.717) is 11.3 Å². The highest BCUT2D eigenvalue weighted by Gasteiger charge is 2.07. The first kappa shape index (κ1) is 10.6. The van der Waals surface area contributed by atoms with Crippen LogP contribution in [0, 0.1) is 0 Å². The maximum atomic E-state index is 10.7. The van der Waals surface area contributed by atoms with Gasteiger partial charge in [0.25, 0.3) is 0 Å². The lowest BCUT2D eigenvalue weighted by Gasteiger charge is -1.96. The molecule has 0 bridgehead atoms. The first-order chi connectivity index (χ1) is 8.76. The number of aromatic hydroxyl groups is 1. The van der Waals surface area contributed by atoms with Crippen LogP contribution in [0.4, 0.5) is 0 Å². The minimum absolute atomic E-state index is 0.196. The Morgan fingerprint density at radius 3 is 2.72 bits per heavy atom. The molecule has 2 aromatic carbocycles. The third-order valence-corrected chi connectivity index (χ3v) is 2.81. The Kier molecular flexibility index (Phi) is 2.38. The molecule has 3 aromatic rings. The van der Waals surface area contributed by atoms with Gasteiger partial charge < -0.3 is 9.52 Å². The second kappa shape index (κ2) is 4.04. The molecule has 1 aromatic heterocycles. The SMILES string of the molecule is O=Cc1ccc2oc(-c3cccc(O)c3)cc2c1. The van der Waals surface area contributed by atoms with Gasteiger partial charge in [-0.25, -0.2) is 0 Å². The lowest BCUT2D eigenvalue weighted by atomic mass is 10.1. The number of furan rings is 1. The van der Waals surface area contributed by atoms with Crippen LogP contribution in [0.2, 0.25) is 0 Å². The number of phenols is 1. The van der Waals surface area contributed by atoms with Gasteiger partial charge in [0.1, 0.15) is 23.4 Å². The molecule has 0 fully saturated rings. The van der Waals surface area contributed by atoms with Crippen molar-refractivity contribution >= 4 is 17.3 Å². The van der Waals surface area contributed by atoms with Crippen molar-refractivity contribution in [3.63, 3.8) is 0 Å². The van der Waals surface area contributed by atoms with Crippen molar-refractivity contribution in [2.45, 2.75) is 0 Å². The van der Waals surface area contributed by atoms with E-state index in [9.17, 15) is 9.90 Å². The van der Waals surface area contributed by atoms with E-state index in [1.165, 1.54) is 0 Å². The molecule has 3 rings (SSSR count). The Morgan fingerprint density at radius 2 is 1.94 bits per heavy atom. The summed E-state index contributed by atoms with van der Waals surface area (Å²) in [5.41, 5.74) is 2.14. The fraction of sp³-hybridized carbons (Fsp3) is 0. The van der Waals surface area contributed by atoms with Crippen molar-refractivity contribution in [1.29, 1.82) is 0 Å². The van der Waals surface area contributed by atoms with Gasteiger partial charge in [-0.05, 0) is 36.4 Å². The highest BCUT2D eigenvalue weighted by Crippen LogP contribution is 2.29. The summed E-state index contributed by atoms with van der Waals surface area (Å²) in [4.78, 5) is 10.7. The second-order valence-corrected chi connectivity index (χ2v) is 4.08. The molecule has 88 valence electrons. The molecule has 0 aliphatic rings. The lowest BCUT2D eigenvalue weighted by molar-refractivity contribution is 0.112. The van der Waals surface area contributed by atoms with Crippen LogP contribution in [0.5, 0.6) is 5.75 Å². The monoisotopic (exact) mass is 238 g/mol. The number of rotatable bonds is 2. The molecule has 3 nitrogen and oxygen atoms in total. The molecule has 0 aliphatic carbocycles. The van der Waals surface area contributed by atoms with E-state index in [0.717, 1.165) is 22.8 Å². The third-order valence-electron chi connectivity index (χ3n) is 2.81. The normalized spacial score (nSPS) is 10.7. The van der Waals surface area contributed by atoms with Gasteiger partial charge in [0.05, 0.1) is 0 Å². The number of carbonyl (C=O) groups excluding carboxylic acids is 1. The van der Waals surface area contributed by atoms with Crippen LogP contribution in [-0.4, -0.2) is 11.4 Å². The van der Waals surface area contributed by atoms with Crippen molar-refractivity contribution in [2.24, 2.45) is 0 Å². The van der Waals surface area contributed by atoms with Crippen molar-refractivity contribution in [3.8, 4) is 17.1 Å². The zero-order chi connectivity index (χ0) is 12.5. The van der Waals surface area contributed by atoms with Crippen LogP contribution in [0.3, 0.4) is 0 Å². The van der Waals surface area contributed by atoms with E-state index in [1.807, 2.05) is 12.1 Å². The average molecular weight is 238 g/mol. The number of hydrogen-bond donors (Lipinski definition) is 1. The lowest BCUT2D eigenvalue weighted by Crippen LogP contribution is -1.75. The number of fused-ring (bicyclic) bond motifs is 1. The summed E-state index contributed by atoms with van der Waals surface area (Å²) in [7, 11) is 0. The molecule has 0 unspecified atom stereocenters. The van der Waals surface area contributed by atoms with Gasteiger partial charge in [-0.15, -0.1) is 0 Å². The first-order valence-electron chi connectivity index (χ1n) is 5.54. The largest absolute Gasteiger partial charge is 0.508 e. The minimum atomic E-state index is 0.196. The molecule has 0 atom stereocenters. The van der Waals surface area contributed by atoms with E-state index in [4.69, 9.17) is 4.42 Å². The highest BCUT2D eigenvalue weighted by atomic mass is 16.3. The van der Waals surface area contributed by atoms with Crippen LogP contribution in [-0.2, 0) is 0 Å². The fourth-order valence-electron chi connectivity index (χ4n) is 1.94. The highest BCUT2D eigenvalue weighted by molar-refractivity contribution is 5.88. The molecule has 0 aliphatic heterocycles. The molecule has 18 heavy (non-hydrogen) atoms. The van der Waals surface area contributed by atoms with Crippen LogP contribution >= 0.6 is 0 Å². The maximum Gasteiger partial charge on any atom is 0.150 e.